The van der Waals surface area contributed by atoms with Gasteiger partial charge in [0.1, 0.15) is 18.0 Å². The quantitative estimate of drug-likeness (QED) is 0.297. The molecule has 0 radical (unpaired) electrons. The number of ether oxygens (including phenoxy) is 3. The number of aliphatic hydroxyl groups excluding tert-OH is 1. The van der Waals surface area contributed by atoms with Crippen molar-refractivity contribution >= 4 is 23.7 Å². The third-order valence-corrected chi connectivity index (χ3v) is 11.0. The summed E-state index contributed by atoms with van der Waals surface area (Å²) in [5, 5.41) is 10.5. The van der Waals surface area contributed by atoms with E-state index in [2.05, 4.69) is 6.92 Å². The van der Waals surface area contributed by atoms with Crippen LogP contribution >= 0.6 is 0 Å². The molecule has 9 nitrogen and oxygen atoms in total. The number of aliphatic hydroxyl groups is 1. The second kappa shape index (κ2) is 10.1. The van der Waals surface area contributed by atoms with Gasteiger partial charge in [0.2, 0.25) is 0 Å². The molecule has 5 rings (SSSR count). The Hall–Kier alpha value is -2.94. The third-order valence-electron chi connectivity index (χ3n) is 11.0. The summed E-state index contributed by atoms with van der Waals surface area (Å²) in [5.74, 6) is -3.72. The van der Waals surface area contributed by atoms with Crippen LogP contribution in [0.15, 0.2) is 34.7 Å². The van der Waals surface area contributed by atoms with Crippen LogP contribution in [0.2, 0.25) is 0 Å². The minimum absolute atomic E-state index is 0.0232. The number of rotatable bonds is 6. The van der Waals surface area contributed by atoms with Gasteiger partial charge in [-0.25, -0.2) is 4.79 Å². The van der Waals surface area contributed by atoms with Crippen LogP contribution in [0.1, 0.15) is 78.9 Å². The molecule has 9 heteroatoms. The van der Waals surface area contributed by atoms with Crippen molar-refractivity contribution in [1.29, 1.82) is 0 Å². The van der Waals surface area contributed by atoms with E-state index in [4.69, 9.17) is 18.6 Å². The van der Waals surface area contributed by atoms with E-state index in [1.54, 1.807) is 26.4 Å². The Morgan fingerprint density at radius 1 is 1.15 bits per heavy atom. The Bertz CT molecular complexity index is 1260. The van der Waals surface area contributed by atoms with Crippen molar-refractivity contribution in [3.63, 3.8) is 0 Å². The smallest absolute Gasteiger partial charge is 0.335 e. The number of ketones is 1. The van der Waals surface area contributed by atoms with E-state index < -0.39 is 58.3 Å². The maximum Gasteiger partial charge on any atom is 0.335 e. The molecule has 2 saturated carbocycles. The first-order valence-electron chi connectivity index (χ1n) is 14.6. The highest BCUT2D eigenvalue weighted by molar-refractivity contribution is 5.94. The maximum atomic E-state index is 14.4. The molecule has 1 saturated heterocycles. The van der Waals surface area contributed by atoms with E-state index >= 15 is 0 Å². The lowest BCUT2D eigenvalue weighted by Crippen LogP contribution is -2.66. The number of hydrogen-bond acceptors (Lipinski definition) is 9. The van der Waals surface area contributed by atoms with Crippen LogP contribution in [0, 0.1) is 45.8 Å². The summed E-state index contributed by atoms with van der Waals surface area (Å²) in [7, 11) is 1.32. The number of esters is 3. The van der Waals surface area contributed by atoms with Gasteiger partial charge in [-0.05, 0) is 42.6 Å². The van der Waals surface area contributed by atoms with Crippen molar-refractivity contribution in [2.24, 2.45) is 45.8 Å². The number of Topliss-reactive ketones (excluding diaryl/α,β-unsaturated/α-hetero) is 1. The molecule has 3 fully saturated rings. The molecule has 3 aliphatic carbocycles. The zero-order valence-electron chi connectivity index (χ0n) is 25.0. The van der Waals surface area contributed by atoms with Crippen molar-refractivity contribution in [2.45, 2.75) is 85.5 Å². The molecule has 9 atom stereocenters. The number of carbonyl (C=O) groups is 4. The summed E-state index contributed by atoms with van der Waals surface area (Å²) >= 11 is 0. The number of cyclic esters (lactones) is 1. The molecular weight excluding hydrogens is 528 g/mol. The van der Waals surface area contributed by atoms with Crippen LogP contribution in [-0.4, -0.2) is 48.1 Å². The van der Waals surface area contributed by atoms with Gasteiger partial charge in [-0.15, -0.1) is 0 Å². The van der Waals surface area contributed by atoms with Crippen LogP contribution < -0.4 is 0 Å². The lowest BCUT2D eigenvalue weighted by atomic mass is 9.40. The predicted molar refractivity (Wildman–Crippen MR) is 146 cm³/mol. The first-order valence-corrected chi connectivity index (χ1v) is 14.6. The number of hydrogen-bond donors (Lipinski definition) is 1. The molecule has 2 unspecified atom stereocenters. The largest absolute Gasteiger partial charge is 0.472 e. The standard InChI is InChI=1S/C32H42O9/c1-16(2)25(35)29(37)41-28-19-12-18-20(32(6,26(19)36)22(30(28,3)4)14-23(33)38-7)8-10-31(5)21(18)13-24(34)40-27(31)17-9-11-39-15-17/h9,11-12,15-16,19-22,25,27-28,35H,8,10,13-14H2,1-7H3/t19-,20+,21?,22+,25?,27+,28-,31-,32-/m1/s1. The average Bonchev–Trinajstić information content (AvgIpc) is 3.45. The molecule has 0 amide bonds. The van der Waals surface area contributed by atoms with Gasteiger partial charge in [0.05, 0.1) is 32.0 Å². The molecule has 0 aromatic carbocycles. The molecule has 1 aromatic rings. The first kappa shape index (κ1) is 29.5. The Labute approximate surface area is 241 Å². The SMILES string of the molecule is COC(=O)C[C@H]1C(C)(C)[C@H](OC(=O)C(O)C(C)C)[C@@H]2C=C3C4CC(=O)O[C@@H](c5ccoc5)[C@]4(C)CC[C@@H]3[C@@]1(C)C2=O. The van der Waals surface area contributed by atoms with E-state index in [1.165, 1.54) is 7.11 Å². The van der Waals surface area contributed by atoms with E-state index in [9.17, 15) is 24.3 Å². The molecule has 2 heterocycles. The molecule has 1 aromatic heterocycles. The lowest BCUT2D eigenvalue weighted by Gasteiger charge is -2.63. The van der Waals surface area contributed by atoms with Crippen molar-refractivity contribution < 1.29 is 42.9 Å². The Kier molecular flexibility index (Phi) is 7.28. The molecule has 224 valence electrons. The lowest BCUT2D eigenvalue weighted by molar-refractivity contribution is -0.201. The van der Waals surface area contributed by atoms with E-state index in [0.717, 1.165) is 11.1 Å². The molecular formula is C32H42O9. The average molecular weight is 571 g/mol. The fourth-order valence-corrected chi connectivity index (χ4v) is 8.62. The predicted octanol–water partition coefficient (Wildman–Crippen LogP) is 4.58. The summed E-state index contributed by atoms with van der Waals surface area (Å²) in [6.45, 7) is 11.4. The van der Waals surface area contributed by atoms with Crippen LogP contribution in [0.3, 0.4) is 0 Å². The van der Waals surface area contributed by atoms with Gasteiger partial charge in [-0.2, -0.15) is 0 Å². The fourth-order valence-electron chi connectivity index (χ4n) is 8.62. The van der Waals surface area contributed by atoms with Crippen molar-refractivity contribution in [3.05, 3.63) is 35.8 Å². The van der Waals surface area contributed by atoms with Gasteiger partial charge >= 0.3 is 17.9 Å². The highest BCUT2D eigenvalue weighted by Crippen LogP contribution is 2.68. The van der Waals surface area contributed by atoms with E-state index in [0.29, 0.717) is 12.8 Å². The highest BCUT2D eigenvalue weighted by atomic mass is 16.6. The Morgan fingerprint density at radius 3 is 2.46 bits per heavy atom. The molecule has 4 aliphatic rings. The van der Waals surface area contributed by atoms with Gasteiger partial charge in [0.25, 0.3) is 0 Å². The minimum Gasteiger partial charge on any atom is -0.472 e. The summed E-state index contributed by atoms with van der Waals surface area (Å²) in [5.41, 5.74) is -0.422. The number of allylic oxidation sites excluding steroid dienone is 1. The summed E-state index contributed by atoms with van der Waals surface area (Å²) in [4.78, 5) is 53.4. The van der Waals surface area contributed by atoms with Crippen molar-refractivity contribution in [3.8, 4) is 0 Å². The molecule has 41 heavy (non-hydrogen) atoms. The summed E-state index contributed by atoms with van der Waals surface area (Å²) < 4.78 is 22.3. The monoisotopic (exact) mass is 570 g/mol. The number of methoxy groups -OCH3 is 1. The van der Waals surface area contributed by atoms with Crippen molar-refractivity contribution in [1.82, 2.24) is 0 Å². The van der Waals surface area contributed by atoms with Gasteiger partial charge in [0.15, 0.2) is 6.10 Å². The zero-order chi connectivity index (χ0) is 30.1. The first-order chi connectivity index (χ1) is 19.2. The van der Waals surface area contributed by atoms with Crippen LogP contribution in [0.4, 0.5) is 0 Å². The van der Waals surface area contributed by atoms with Gasteiger partial charge in [-0.1, -0.05) is 53.2 Å². The Balaban J connectivity index is 1.65. The number of carbonyl (C=O) groups excluding carboxylic acids is 4. The van der Waals surface area contributed by atoms with Gasteiger partial charge < -0.3 is 23.7 Å². The van der Waals surface area contributed by atoms with Crippen LogP contribution in [0.5, 0.6) is 0 Å². The van der Waals surface area contributed by atoms with Gasteiger partial charge in [-0.3, -0.25) is 14.4 Å². The molecule has 2 bridgehead atoms. The maximum absolute atomic E-state index is 14.4. The second-order valence-corrected chi connectivity index (χ2v) is 13.8. The molecule has 1 aliphatic heterocycles. The molecule has 0 spiro atoms. The topological polar surface area (TPSA) is 129 Å². The zero-order valence-corrected chi connectivity index (χ0v) is 25.0. The summed E-state index contributed by atoms with van der Waals surface area (Å²) in [6.07, 6.45) is 3.88. The van der Waals surface area contributed by atoms with E-state index in [1.807, 2.05) is 32.9 Å². The number of fused-ring (bicyclic) bond motifs is 6. The van der Waals surface area contributed by atoms with Crippen molar-refractivity contribution in [2.75, 3.05) is 7.11 Å². The fraction of sp³-hybridized carbons (Fsp3) is 0.688. The van der Waals surface area contributed by atoms with Crippen LogP contribution in [-0.2, 0) is 33.4 Å². The molecule has 1 N–H and O–H groups in total. The minimum atomic E-state index is -1.35. The number of furan rings is 1. The van der Waals surface area contributed by atoms with Crippen LogP contribution in [0.25, 0.3) is 0 Å². The highest BCUT2D eigenvalue weighted by Gasteiger charge is 2.69. The second-order valence-electron chi connectivity index (χ2n) is 13.8. The summed E-state index contributed by atoms with van der Waals surface area (Å²) in [6, 6.07) is 1.82. The Morgan fingerprint density at radius 2 is 1.85 bits per heavy atom. The normalized spacial score (nSPS) is 38.2. The van der Waals surface area contributed by atoms with Gasteiger partial charge in [0, 0.05) is 28.2 Å². The third kappa shape index (κ3) is 4.37. The van der Waals surface area contributed by atoms with E-state index in [-0.39, 0.29) is 42.3 Å².